The molecule has 0 spiro atoms. The fourth-order valence-electron chi connectivity index (χ4n) is 4.02. The van der Waals surface area contributed by atoms with Crippen LogP contribution in [0.3, 0.4) is 0 Å². The molecular formula is C35H36N4O2. The van der Waals surface area contributed by atoms with Gasteiger partial charge in [-0.05, 0) is 64.0 Å². The second-order valence-electron chi connectivity index (χ2n) is 11.8. The normalized spacial score (nSPS) is 18.0. The highest BCUT2D eigenvalue weighted by atomic mass is 16.5. The van der Waals surface area contributed by atoms with Gasteiger partial charge >= 0.3 is 0 Å². The van der Waals surface area contributed by atoms with Crippen molar-refractivity contribution in [3.8, 4) is 23.3 Å². The van der Waals surface area contributed by atoms with Gasteiger partial charge < -0.3 is 9.15 Å². The number of hydrogen-bond donors (Lipinski definition) is 0. The summed E-state index contributed by atoms with van der Waals surface area (Å²) in [6.07, 6.45) is 14.7. The molecule has 1 aromatic carbocycles. The summed E-state index contributed by atoms with van der Waals surface area (Å²) in [6.45, 7) is 16.8. The average Bonchev–Trinajstić information content (AvgIpc) is 3.33. The summed E-state index contributed by atoms with van der Waals surface area (Å²) in [5.74, 6) is 7.22. The Morgan fingerprint density at radius 3 is 2.68 bits per heavy atom. The lowest BCUT2D eigenvalue weighted by molar-refractivity contribution is 0.343. The molecule has 4 rings (SSSR count). The fraction of sp³-hybridized carbons (Fsp3) is 0.314. The summed E-state index contributed by atoms with van der Waals surface area (Å²) in [5.41, 5.74) is 11.3. The van der Waals surface area contributed by atoms with Gasteiger partial charge in [0.2, 0.25) is 17.7 Å². The van der Waals surface area contributed by atoms with Crippen molar-refractivity contribution in [3.05, 3.63) is 106 Å². The number of ether oxygens (including phenoxy) is 1. The topological polar surface area (TPSA) is 72.9 Å². The quantitative estimate of drug-likeness (QED) is 0.122. The van der Waals surface area contributed by atoms with Crippen LogP contribution in [0.5, 0.6) is 0 Å². The first-order chi connectivity index (χ1) is 19.5. The standard InChI is InChI=1S/C35H36N4O2/c1-34(2,3)29-17-10-8-9-14-26(20-22-29)32-38-39-33(41-32)28-16-12-15-27(23-28)31(37-36-7)40-24-25-13-11-18-30(21-19-25)35(4,5)6/h10,12-13,15-16,18-23,26H,7-8,24H2,1-6H3/b22-20-,37-31-. The number of aromatic nitrogens is 2. The van der Waals surface area contributed by atoms with Crippen molar-refractivity contribution in [1.29, 1.82) is 0 Å². The number of hydrogen-bond acceptors (Lipinski definition) is 6. The molecule has 208 valence electrons. The molecule has 6 heteroatoms. The Hall–Kier alpha value is -4.68. The van der Waals surface area contributed by atoms with Crippen LogP contribution in [0.4, 0.5) is 0 Å². The molecule has 0 N–H and O–H groups in total. The Morgan fingerprint density at radius 1 is 1.10 bits per heavy atom. The van der Waals surface area contributed by atoms with Crippen molar-refractivity contribution in [2.75, 3.05) is 6.61 Å². The molecular weight excluding hydrogens is 508 g/mol. The van der Waals surface area contributed by atoms with Crippen molar-refractivity contribution in [1.82, 2.24) is 10.2 Å². The molecule has 0 saturated carbocycles. The third kappa shape index (κ3) is 7.93. The lowest BCUT2D eigenvalue weighted by Crippen LogP contribution is -2.09. The van der Waals surface area contributed by atoms with Gasteiger partial charge in [-0.15, -0.1) is 26.8 Å². The molecule has 2 aliphatic rings. The maximum absolute atomic E-state index is 6.10. The highest BCUT2D eigenvalue weighted by Crippen LogP contribution is 2.29. The highest BCUT2D eigenvalue weighted by molar-refractivity contribution is 5.95. The van der Waals surface area contributed by atoms with Crippen LogP contribution < -0.4 is 0 Å². The van der Waals surface area contributed by atoms with Crippen LogP contribution in [0.1, 0.15) is 65.3 Å². The third-order valence-electron chi connectivity index (χ3n) is 6.43. The number of rotatable bonds is 6. The smallest absolute Gasteiger partial charge is 0.247 e. The molecule has 0 fully saturated rings. The lowest BCUT2D eigenvalue weighted by Gasteiger charge is -2.18. The van der Waals surface area contributed by atoms with Crippen LogP contribution in [-0.2, 0) is 4.74 Å². The first-order valence-corrected chi connectivity index (χ1v) is 13.6. The van der Waals surface area contributed by atoms with Gasteiger partial charge in [0.15, 0.2) is 0 Å². The Labute approximate surface area is 243 Å². The SMILES string of the molecule is C=N/N=C(\OCC1=CC=C(C(C)(C)C)C=C=C1)c1cccc(-c2nnc(C3C#CCC=C=C(C(C)(C)C)/C=C\3)o2)c1. The predicted octanol–water partition coefficient (Wildman–Crippen LogP) is 7.91. The molecule has 1 aromatic heterocycles. The molecule has 41 heavy (non-hydrogen) atoms. The Kier molecular flexibility index (Phi) is 9.05. The van der Waals surface area contributed by atoms with Crippen LogP contribution in [0, 0.1) is 22.7 Å². The molecule has 0 bridgehead atoms. The summed E-state index contributed by atoms with van der Waals surface area (Å²) in [7, 11) is 0. The van der Waals surface area contributed by atoms with E-state index in [1.54, 1.807) is 0 Å². The molecule has 0 amide bonds. The second kappa shape index (κ2) is 12.7. The summed E-state index contributed by atoms with van der Waals surface area (Å²) in [5, 5.41) is 16.5. The average molecular weight is 545 g/mol. The molecule has 1 unspecified atom stereocenters. The number of nitrogens with zero attached hydrogens (tertiary/aromatic N) is 4. The van der Waals surface area contributed by atoms with Gasteiger partial charge in [-0.1, -0.05) is 83.8 Å². The monoisotopic (exact) mass is 544 g/mol. The highest BCUT2D eigenvalue weighted by Gasteiger charge is 2.19. The lowest BCUT2D eigenvalue weighted by atomic mass is 9.86. The van der Waals surface area contributed by atoms with E-state index in [1.807, 2.05) is 60.7 Å². The van der Waals surface area contributed by atoms with Crippen molar-refractivity contribution in [3.63, 3.8) is 0 Å². The summed E-state index contributed by atoms with van der Waals surface area (Å²) in [4.78, 5) is 0. The van der Waals surface area contributed by atoms with Gasteiger partial charge in [-0.3, -0.25) is 0 Å². The zero-order valence-electron chi connectivity index (χ0n) is 24.7. The van der Waals surface area contributed by atoms with E-state index in [0.717, 1.165) is 16.7 Å². The maximum Gasteiger partial charge on any atom is 0.247 e. The van der Waals surface area contributed by atoms with E-state index in [4.69, 9.17) is 9.15 Å². The zero-order valence-corrected chi connectivity index (χ0v) is 24.7. The Bertz CT molecular complexity index is 1620. The van der Waals surface area contributed by atoms with E-state index < -0.39 is 0 Å². The van der Waals surface area contributed by atoms with Gasteiger partial charge in [0.05, 0.1) is 0 Å². The van der Waals surface area contributed by atoms with Crippen LogP contribution in [-0.4, -0.2) is 29.4 Å². The summed E-state index contributed by atoms with van der Waals surface area (Å²) < 4.78 is 12.2. The van der Waals surface area contributed by atoms with Gasteiger partial charge in [-0.25, -0.2) is 0 Å². The van der Waals surface area contributed by atoms with Crippen molar-refractivity contribution in [2.45, 2.75) is 53.9 Å². The van der Waals surface area contributed by atoms with Crippen molar-refractivity contribution >= 4 is 12.6 Å². The zero-order chi connectivity index (χ0) is 29.5. The van der Waals surface area contributed by atoms with Gasteiger partial charge in [0.25, 0.3) is 0 Å². The molecule has 1 atom stereocenters. The number of allylic oxidation sites excluding steroid dienone is 6. The maximum atomic E-state index is 6.10. The molecule has 1 heterocycles. The minimum absolute atomic E-state index is 0.0311. The van der Waals surface area contributed by atoms with Crippen LogP contribution in [0.25, 0.3) is 11.5 Å². The van der Waals surface area contributed by atoms with Crippen molar-refractivity contribution in [2.24, 2.45) is 21.0 Å². The summed E-state index contributed by atoms with van der Waals surface area (Å²) in [6, 6.07) is 7.55. The molecule has 6 nitrogen and oxygen atoms in total. The first kappa shape index (κ1) is 29.3. The Balaban J connectivity index is 1.54. The van der Waals surface area contributed by atoms with Crippen molar-refractivity contribution < 1.29 is 9.15 Å². The van der Waals surface area contributed by atoms with E-state index in [-0.39, 0.29) is 16.7 Å². The van der Waals surface area contributed by atoms with Gasteiger partial charge in [0, 0.05) is 24.3 Å². The molecule has 0 radical (unpaired) electrons. The van der Waals surface area contributed by atoms with E-state index in [9.17, 15) is 0 Å². The largest absolute Gasteiger partial charge is 0.471 e. The summed E-state index contributed by atoms with van der Waals surface area (Å²) >= 11 is 0. The van der Waals surface area contributed by atoms with E-state index in [1.165, 1.54) is 5.57 Å². The van der Waals surface area contributed by atoms with E-state index in [2.05, 4.69) is 98.0 Å². The minimum Gasteiger partial charge on any atom is -0.471 e. The first-order valence-electron chi connectivity index (χ1n) is 13.6. The van der Waals surface area contributed by atoms with Crippen LogP contribution in [0.2, 0.25) is 0 Å². The second-order valence-corrected chi connectivity index (χ2v) is 11.8. The molecule has 0 saturated heterocycles. The van der Waals surface area contributed by atoms with E-state index in [0.29, 0.717) is 36.3 Å². The van der Waals surface area contributed by atoms with E-state index >= 15 is 0 Å². The molecule has 2 aromatic rings. The number of benzene rings is 1. The van der Waals surface area contributed by atoms with Gasteiger partial charge in [-0.2, -0.15) is 5.10 Å². The molecule has 2 aliphatic carbocycles. The van der Waals surface area contributed by atoms with Crippen LogP contribution in [0.15, 0.2) is 110 Å². The third-order valence-corrected chi connectivity index (χ3v) is 6.43. The van der Waals surface area contributed by atoms with Gasteiger partial charge in [0.1, 0.15) is 12.5 Å². The minimum atomic E-state index is -0.321. The van der Waals surface area contributed by atoms with Crippen LogP contribution >= 0.6 is 0 Å². The predicted molar refractivity (Wildman–Crippen MR) is 165 cm³/mol. The Morgan fingerprint density at radius 2 is 1.93 bits per heavy atom. The fourth-order valence-corrected chi connectivity index (χ4v) is 4.02. The molecule has 0 aliphatic heterocycles.